The molecule has 1 aromatic heterocycles. The van der Waals surface area contributed by atoms with E-state index in [1.54, 1.807) is 13.1 Å². The average Bonchev–Trinajstić information content (AvgIpc) is 2.78. The molecule has 162 valence electrons. The van der Waals surface area contributed by atoms with Crippen LogP contribution in [0.1, 0.15) is 32.3 Å². The van der Waals surface area contributed by atoms with Crippen molar-refractivity contribution in [1.29, 1.82) is 0 Å². The van der Waals surface area contributed by atoms with Gasteiger partial charge in [0.05, 0.1) is 12.8 Å². The van der Waals surface area contributed by atoms with E-state index in [4.69, 9.17) is 9.47 Å². The molecular weight excluding hydrogens is 382 g/mol. The molecule has 7 nitrogen and oxygen atoms in total. The third-order valence-electron chi connectivity index (χ3n) is 4.69. The van der Waals surface area contributed by atoms with Gasteiger partial charge in [0, 0.05) is 32.2 Å². The van der Waals surface area contributed by atoms with Crippen molar-refractivity contribution in [2.75, 3.05) is 32.2 Å². The quantitative estimate of drug-likeness (QED) is 0.473. The van der Waals surface area contributed by atoms with Crippen LogP contribution in [0.25, 0.3) is 11.3 Å². The molecule has 0 fully saturated rings. The number of nitrogens with one attached hydrogen (secondary N) is 1. The van der Waals surface area contributed by atoms with Gasteiger partial charge in [0.1, 0.15) is 5.82 Å². The zero-order valence-electron chi connectivity index (χ0n) is 18.2. The van der Waals surface area contributed by atoms with Gasteiger partial charge in [-0.05, 0) is 31.0 Å². The Hall–Kier alpha value is -2.93. The van der Waals surface area contributed by atoms with E-state index in [0.717, 1.165) is 29.7 Å². The Balaban J connectivity index is 2.10. The number of methoxy groups -OCH3 is 1. The number of carbonyl (C=O) groups is 2. The highest BCUT2D eigenvalue weighted by Crippen LogP contribution is 2.21. The minimum atomic E-state index is -0.618. The van der Waals surface area contributed by atoms with Crippen LogP contribution in [0.2, 0.25) is 0 Å². The fourth-order valence-corrected chi connectivity index (χ4v) is 2.93. The summed E-state index contributed by atoms with van der Waals surface area (Å²) in [4.78, 5) is 30.2. The normalized spacial score (nSPS) is 11.6. The van der Waals surface area contributed by atoms with Gasteiger partial charge >= 0.3 is 12.0 Å². The Morgan fingerprint density at radius 2 is 1.87 bits per heavy atom. The molecule has 30 heavy (non-hydrogen) atoms. The number of nitrogens with zero attached hydrogens (tertiary/aromatic N) is 2. The molecule has 0 aliphatic rings. The van der Waals surface area contributed by atoms with E-state index < -0.39 is 6.10 Å². The highest BCUT2D eigenvalue weighted by Gasteiger charge is 2.20. The number of esters is 1. The topological polar surface area (TPSA) is 80.8 Å². The molecule has 1 atom stereocenters. The van der Waals surface area contributed by atoms with Crippen molar-refractivity contribution in [3.05, 3.63) is 48.0 Å². The van der Waals surface area contributed by atoms with E-state index in [1.165, 1.54) is 12.0 Å². The SMILES string of the molecule is CCCCNC(=O)N(C)c1cccc(-c2ccc(CC(OCC)C(=O)OC)cc2)n1. The van der Waals surface area contributed by atoms with Gasteiger partial charge < -0.3 is 14.8 Å². The second kappa shape index (κ2) is 11.9. The molecule has 2 aromatic rings. The number of amides is 2. The summed E-state index contributed by atoms with van der Waals surface area (Å²) in [6.07, 6.45) is 1.79. The Morgan fingerprint density at radius 3 is 2.50 bits per heavy atom. The van der Waals surface area contributed by atoms with E-state index in [-0.39, 0.29) is 12.0 Å². The molecule has 0 saturated heterocycles. The predicted octanol–water partition coefficient (Wildman–Crippen LogP) is 3.82. The molecule has 1 aromatic carbocycles. The first-order chi connectivity index (χ1) is 14.5. The first-order valence-corrected chi connectivity index (χ1v) is 10.3. The molecule has 7 heteroatoms. The number of benzene rings is 1. The van der Waals surface area contributed by atoms with E-state index in [2.05, 4.69) is 17.2 Å². The van der Waals surface area contributed by atoms with Crippen molar-refractivity contribution in [1.82, 2.24) is 10.3 Å². The van der Waals surface area contributed by atoms with Crippen molar-refractivity contribution >= 4 is 17.8 Å². The molecule has 0 saturated carbocycles. The summed E-state index contributed by atoms with van der Waals surface area (Å²) in [5, 5.41) is 2.89. The van der Waals surface area contributed by atoms with E-state index in [0.29, 0.717) is 25.4 Å². The van der Waals surface area contributed by atoms with Crippen molar-refractivity contribution in [2.24, 2.45) is 0 Å². The standard InChI is InChI=1S/C23H31N3O4/c1-5-7-15-24-23(28)26(3)21-10-8-9-19(25-21)18-13-11-17(12-14-18)16-20(30-6-2)22(27)29-4/h8-14,20H,5-7,15-16H2,1-4H3,(H,24,28). The maximum absolute atomic E-state index is 12.3. The number of hydrogen-bond donors (Lipinski definition) is 1. The Kier molecular flexibility index (Phi) is 9.28. The molecule has 1 unspecified atom stereocenters. The highest BCUT2D eigenvalue weighted by atomic mass is 16.6. The summed E-state index contributed by atoms with van der Waals surface area (Å²) < 4.78 is 10.3. The monoisotopic (exact) mass is 413 g/mol. The summed E-state index contributed by atoms with van der Waals surface area (Å²) in [6, 6.07) is 13.2. The van der Waals surface area contributed by atoms with Crippen LogP contribution in [0, 0.1) is 0 Å². The number of anilines is 1. The molecule has 2 amide bonds. The van der Waals surface area contributed by atoms with E-state index in [1.807, 2.05) is 43.3 Å². The van der Waals surface area contributed by atoms with Crippen LogP contribution in [-0.2, 0) is 20.7 Å². The molecule has 0 aliphatic carbocycles. The van der Waals surface area contributed by atoms with Crippen LogP contribution < -0.4 is 10.2 Å². The number of carbonyl (C=O) groups excluding carboxylic acids is 2. The number of aromatic nitrogens is 1. The van der Waals surface area contributed by atoms with Gasteiger partial charge in [-0.2, -0.15) is 0 Å². The summed E-state index contributed by atoms with van der Waals surface area (Å²) in [5.41, 5.74) is 2.65. The summed E-state index contributed by atoms with van der Waals surface area (Å²) >= 11 is 0. The lowest BCUT2D eigenvalue weighted by molar-refractivity contribution is -0.153. The van der Waals surface area contributed by atoms with Crippen molar-refractivity contribution < 1.29 is 19.1 Å². The minimum Gasteiger partial charge on any atom is -0.467 e. The smallest absolute Gasteiger partial charge is 0.335 e. The average molecular weight is 414 g/mol. The molecule has 0 spiro atoms. The molecular formula is C23H31N3O4. The zero-order valence-corrected chi connectivity index (χ0v) is 18.2. The minimum absolute atomic E-state index is 0.173. The van der Waals surface area contributed by atoms with Crippen LogP contribution in [0.5, 0.6) is 0 Å². The number of unbranched alkanes of at least 4 members (excludes halogenated alkanes) is 1. The van der Waals surface area contributed by atoms with Crippen molar-refractivity contribution in [2.45, 2.75) is 39.2 Å². The summed E-state index contributed by atoms with van der Waals surface area (Å²) in [7, 11) is 3.06. The summed E-state index contributed by atoms with van der Waals surface area (Å²) in [5.74, 6) is 0.197. The lowest BCUT2D eigenvalue weighted by atomic mass is 10.0. The number of hydrogen-bond acceptors (Lipinski definition) is 5. The second-order valence-electron chi connectivity index (χ2n) is 6.89. The third kappa shape index (κ3) is 6.56. The first kappa shape index (κ1) is 23.3. The third-order valence-corrected chi connectivity index (χ3v) is 4.69. The van der Waals surface area contributed by atoms with Crippen molar-refractivity contribution in [3.8, 4) is 11.3 Å². The molecule has 2 rings (SSSR count). The van der Waals surface area contributed by atoms with Gasteiger partial charge in [-0.15, -0.1) is 0 Å². The van der Waals surface area contributed by atoms with Gasteiger partial charge in [-0.25, -0.2) is 14.6 Å². The lowest BCUT2D eigenvalue weighted by Crippen LogP contribution is -2.38. The maximum atomic E-state index is 12.3. The van der Waals surface area contributed by atoms with Gasteiger partial charge in [-0.1, -0.05) is 43.7 Å². The molecule has 0 radical (unpaired) electrons. The van der Waals surface area contributed by atoms with Gasteiger partial charge in [0.2, 0.25) is 0 Å². The van der Waals surface area contributed by atoms with E-state index in [9.17, 15) is 9.59 Å². The zero-order chi connectivity index (χ0) is 21.9. The molecule has 0 bridgehead atoms. The number of pyridine rings is 1. The number of urea groups is 1. The Labute approximate surface area is 178 Å². The Morgan fingerprint density at radius 1 is 1.13 bits per heavy atom. The van der Waals surface area contributed by atoms with Crippen LogP contribution in [0.15, 0.2) is 42.5 Å². The predicted molar refractivity (Wildman–Crippen MR) is 118 cm³/mol. The molecule has 1 N–H and O–H groups in total. The fourth-order valence-electron chi connectivity index (χ4n) is 2.93. The molecule has 1 heterocycles. The first-order valence-electron chi connectivity index (χ1n) is 10.3. The Bertz CT molecular complexity index is 823. The van der Waals surface area contributed by atoms with E-state index >= 15 is 0 Å². The van der Waals surface area contributed by atoms with Gasteiger partial charge in [0.25, 0.3) is 0 Å². The fraction of sp³-hybridized carbons (Fsp3) is 0.435. The van der Waals surface area contributed by atoms with Crippen molar-refractivity contribution in [3.63, 3.8) is 0 Å². The van der Waals surface area contributed by atoms with Crippen LogP contribution in [0.4, 0.5) is 10.6 Å². The lowest BCUT2D eigenvalue weighted by Gasteiger charge is -2.18. The largest absolute Gasteiger partial charge is 0.467 e. The van der Waals surface area contributed by atoms with Crippen LogP contribution in [0.3, 0.4) is 0 Å². The number of rotatable bonds is 10. The highest BCUT2D eigenvalue weighted by molar-refractivity contribution is 5.90. The summed E-state index contributed by atoms with van der Waals surface area (Å²) in [6.45, 7) is 5.01. The second-order valence-corrected chi connectivity index (χ2v) is 6.89. The molecule has 0 aliphatic heterocycles. The van der Waals surface area contributed by atoms with Crippen LogP contribution in [-0.4, -0.2) is 50.4 Å². The number of ether oxygens (including phenoxy) is 2. The maximum Gasteiger partial charge on any atom is 0.335 e. The van der Waals surface area contributed by atoms with Crippen LogP contribution >= 0.6 is 0 Å². The van der Waals surface area contributed by atoms with Gasteiger partial charge in [0.15, 0.2) is 6.10 Å². The van der Waals surface area contributed by atoms with Gasteiger partial charge in [-0.3, -0.25) is 4.90 Å².